The highest BCUT2D eigenvalue weighted by Gasteiger charge is 2.33. The lowest BCUT2D eigenvalue weighted by molar-refractivity contribution is -0.143. The van der Waals surface area contributed by atoms with Crippen molar-refractivity contribution >= 4 is 29.7 Å². The zero-order valence-electron chi connectivity index (χ0n) is 19.7. The second-order valence-electron chi connectivity index (χ2n) is 8.70. The van der Waals surface area contributed by atoms with Gasteiger partial charge in [0.15, 0.2) is 0 Å². The van der Waals surface area contributed by atoms with Gasteiger partial charge in [0, 0.05) is 6.42 Å². The van der Waals surface area contributed by atoms with Crippen LogP contribution in [-0.2, 0) is 24.0 Å². The first-order valence-corrected chi connectivity index (χ1v) is 10.8. The first-order chi connectivity index (χ1) is 14.7. The third kappa shape index (κ3) is 9.63. The Morgan fingerprint density at radius 2 is 1.28 bits per heavy atom. The minimum Gasteiger partial charge on any atom is -0.481 e. The van der Waals surface area contributed by atoms with E-state index in [0.717, 1.165) is 0 Å². The van der Waals surface area contributed by atoms with Gasteiger partial charge >= 0.3 is 11.9 Å². The molecule has 0 bridgehead atoms. The van der Waals surface area contributed by atoms with E-state index in [1.54, 1.807) is 34.6 Å². The number of rotatable bonds is 14. The highest BCUT2D eigenvalue weighted by Crippen LogP contribution is 2.10. The Hall–Kier alpha value is -2.69. The Morgan fingerprint density at radius 3 is 1.69 bits per heavy atom. The van der Waals surface area contributed by atoms with Crippen LogP contribution in [0.5, 0.6) is 0 Å². The predicted molar refractivity (Wildman–Crippen MR) is 117 cm³/mol. The second-order valence-corrected chi connectivity index (χ2v) is 8.70. The molecule has 0 radical (unpaired) electrons. The van der Waals surface area contributed by atoms with Crippen molar-refractivity contribution in [1.82, 2.24) is 16.0 Å². The summed E-state index contributed by atoms with van der Waals surface area (Å²) in [6, 6.07) is -4.33. The molecule has 0 heterocycles. The van der Waals surface area contributed by atoms with Crippen LogP contribution in [0, 0.1) is 17.8 Å². The smallest absolute Gasteiger partial charge is 0.326 e. The number of hydrogen-bond donors (Lipinski definition) is 6. The molecule has 0 spiro atoms. The molecule has 0 saturated heterocycles. The maximum atomic E-state index is 12.9. The lowest BCUT2D eigenvalue weighted by atomic mass is 9.98. The molecule has 3 amide bonds. The number of nitrogens with two attached hydrogens (primary N) is 1. The monoisotopic (exact) mass is 458 g/mol. The zero-order valence-corrected chi connectivity index (χ0v) is 19.7. The lowest BCUT2D eigenvalue weighted by Crippen LogP contribution is -2.59. The number of amides is 3. The summed E-state index contributed by atoms with van der Waals surface area (Å²) >= 11 is 0. The van der Waals surface area contributed by atoms with E-state index < -0.39 is 59.7 Å². The summed E-state index contributed by atoms with van der Waals surface area (Å²) in [5.41, 5.74) is 5.91. The number of aliphatic carboxylic acids is 2. The average molecular weight is 459 g/mol. The standard InChI is InChI=1S/C21H38N4O7/c1-7-12(6)15(22)19(29)23-13(8-9-14(26)27)18(28)24-16(10(2)3)20(30)25-17(11(4)5)21(31)32/h10-13,15-17H,7-9,22H2,1-6H3,(H,23,29)(H,24,28)(H,25,30)(H,26,27)(H,31,32). The van der Waals surface area contributed by atoms with Crippen LogP contribution >= 0.6 is 0 Å². The van der Waals surface area contributed by atoms with E-state index in [1.165, 1.54) is 0 Å². The largest absolute Gasteiger partial charge is 0.481 e. The highest BCUT2D eigenvalue weighted by atomic mass is 16.4. The fraction of sp³-hybridized carbons (Fsp3) is 0.762. The van der Waals surface area contributed by atoms with Crippen molar-refractivity contribution in [2.75, 3.05) is 0 Å². The van der Waals surface area contributed by atoms with Gasteiger partial charge in [0.1, 0.15) is 18.1 Å². The quantitative estimate of drug-likeness (QED) is 0.211. The number of hydrogen-bond acceptors (Lipinski definition) is 6. The van der Waals surface area contributed by atoms with Gasteiger partial charge in [0.2, 0.25) is 17.7 Å². The van der Waals surface area contributed by atoms with Gasteiger partial charge in [-0.1, -0.05) is 48.0 Å². The third-order valence-corrected chi connectivity index (χ3v) is 5.32. The molecule has 0 aliphatic rings. The van der Waals surface area contributed by atoms with Crippen molar-refractivity contribution in [3.63, 3.8) is 0 Å². The molecule has 11 heteroatoms. The number of carbonyl (C=O) groups excluding carboxylic acids is 3. The van der Waals surface area contributed by atoms with Gasteiger partial charge in [-0.3, -0.25) is 19.2 Å². The normalized spacial score (nSPS) is 15.9. The molecule has 5 atom stereocenters. The Balaban J connectivity index is 5.52. The summed E-state index contributed by atoms with van der Waals surface area (Å²) in [5, 5.41) is 25.7. The van der Waals surface area contributed by atoms with Crippen LogP contribution in [0.15, 0.2) is 0 Å². The summed E-state index contributed by atoms with van der Waals surface area (Å²) in [6.45, 7) is 10.3. The molecular formula is C21H38N4O7. The van der Waals surface area contributed by atoms with Gasteiger partial charge in [0.25, 0.3) is 0 Å². The zero-order chi connectivity index (χ0) is 25.2. The second kappa shape index (κ2) is 13.7. The van der Waals surface area contributed by atoms with E-state index in [-0.39, 0.29) is 24.7 Å². The molecule has 32 heavy (non-hydrogen) atoms. The molecule has 0 fully saturated rings. The Bertz CT molecular complexity index is 681. The molecule has 5 unspecified atom stereocenters. The molecule has 0 rings (SSSR count). The first kappa shape index (κ1) is 29.3. The summed E-state index contributed by atoms with van der Waals surface area (Å²) < 4.78 is 0. The van der Waals surface area contributed by atoms with Crippen LogP contribution in [0.2, 0.25) is 0 Å². The summed E-state index contributed by atoms with van der Waals surface area (Å²) in [6.07, 6.45) is 0.0526. The van der Waals surface area contributed by atoms with E-state index in [2.05, 4.69) is 16.0 Å². The molecule has 184 valence electrons. The van der Waals surface area contributed by atoms with E-state index >= 15 is 0 Å². The van der Waals surface area contributed by atoms with E-state index in [4.69, 9.17) is 10.8 Å². The number of nitrogens with one attached hydrogen (secondary N) is 3. The Kier molecular flexibility index (Phi) is 12.5. The van der Waals surface area contributed by atoms with Crippen LogP contribution in [0.25, 0.3) is 0 Å². The molecule has 0 aliphatic heterocycles. The first-order valence-electron chi connectivity index (χ1n) is 10.8. The minimum absolute atomic E-state index is 0.156. The van der Waals surface area contributed by atoms with Crippen molar-refractivity contribution < 1.29 is 34.2 Å². The minimum atomic E-state index is -1.22. The van der Waals surface area contributed by atoms with E-state index in [9.17, 15) is 29.1 Å². The molecule has 0 aliphatic carbocycles. The van der Waals surface area contributed by atoms with E-state index in [1.807, 2.05) is 6.92 Å². The Morgan fingerprint density at radius 1 is 0.781 bits per heavy atom. The summed E-state index contributed by atoms with van der Waals surface area (Å²) in [7, 11) is 0. The van der Waals surface area contributed by atoms with Crippen molar-refractivity contribution in [3.05, 3.63) is 0 Å². The van der Waals surface area contributed by atoms with Gasteiger partial charge in [-0.15, -0.1) is 0 Å². The fourth-order valence-electron chi connectivity index (χ4n) is 2.86. The van der Waals surface area contributed by atoms with E-state index in [0.29, 0.717) is 6.42 Å². The fourth-order valence-corrected chi connectivity index (χ4v) is 2.86. The van der Waals surface area contributed by atoms with Crippen molar-refractivity contribution in [2.45, 2.75) is 85.0 Å². The van der Waals surface area contributed by atoms with Crippen molar-refractivity contribution in [2.24, 2.45) is 23.5 Å². The van der Waals surface area contributed by atoms with Crippen molar-refractivity contribution in [1.29, 1.82) is 0 Å². The maximum Gasteiger partial charge on any atom is 0.326 e. The number of carbonyl (C=O) groups is 5. The predicted octanol–water partition coefficient (Wildman–Crippen LogP) is 0.0756. The van der Waals surface area contributed by atoms with Gasteiger partial charge in [-0.2, -0.15) is 0 Å². The molecule has 0 aromatic carbocycles. The summed E-state index contributed by atoms with van der Waals surface area (Å²) in [4.78, 5) is 60.4. The Labute approximate surface area is 188 Å². The number of carboxylic acid groups (broad SMARTS) is 2. The average Bonchev–Trinajstić information content (AvgIpc) is 2.70. The third-order valence-electron chi connectivity index (χ3n) is 5.32. The molecule has 11 nitrogen and oxygen atoms in total. The topological polar surface area (TPSA) is 188 Å². The van der Waals surface area contributed by atoms with Crippen LogP contribution in [0.1, 0.15) is 60.8 Å². The van der Waals surface area contributed by atoms with Crippen LogP contribution in [0.3, 0.4) is 0 Å². The molecular weight excluding hydrogens is 420 g/mol. The SMILES string of the molecule is CCC(C)C(N)C(=O)NC(CCC(=O)O)C(=O)NC(C(=O)NC(C(=O)O)C(C)C)C(C)C. The van der Waals surface area contributed by atoms with Crippen LogP contribution in [-0.4, -0.2) is 64.0 Å². The number of carboxylic acids is 2. The molecule has 0 saturated carbocycles. The van der Waals surface area contributed by atoms with Gasteiger partial charge in [-0.25, -0.2) is 4.79 Å². The van der Waals surface area contributed by atoms with Gasteiger partial charge < -0.3 is 31.9 Å². The van der Waals surface area contributed by atoms with Gasteiger partial charge in [0.05, 0.1) is 6.04 Å². The maximum absolute atomic E-state index is 12.9. The van der Waals surface area contributed by atoms with Crippen molar-refractivity contribution in [3.8, 4) is 0 Å². The highest BCUT2D eigenvalue weighted by molar-refractivity contribution is 5.94. The molecule has 0 aromatic rings. The summed E-state index contributed by atoms with van der Waals surface area (Å²) in [5.74, 6) is -5.33. The van der Waals surface area contributed by atoms with Crippen LogP contribution < -0.4 is 21.7 Å². The van der Waals surface area contributed by atoms with Gasteiger partial charge in [-0.05, 0) is 24.2 Å². The lowest BCUT2D eigenvalue weighted by Gasteiger charge is -2.28. The van der Waals surface area contributed by atoms with Crippen LogP contribution in [0.4, 0.5) is 0 Å². The molecule has 7 N–H and O–H groups in total. The molecule has 0 aromatic heterocycles.